The Hall–Kier alpha value is -1.78. The Kier molecular flexibility index (Phi) is 4.75. The smallest absolute Gasteiger partial charge is 0.290 e. The van der Waals surface area contributed by atoms with Crippen LogP contribution in [0.4, 0.5) is 0 Å². The number of nitrogens with one attached hydrogen (secondary N) is 1. The number of furan rings is 1. The van der Waals surface area contributed by atoms with Gasteiger partial charge in [-0.25, -0.2) is 0 Å². The summed E-state index contributed by atoms with van der Waals surface area (Å²) in [5.41, 5.74) is 0.472. The zero-order chi connectivity index (χ0) is 14.6. The van der Waals surface area contributed by atoms with Crippen molar-refractivity contribution in [2.24, 2.45) is 0 Å². The second-order valence-corrected chi connectivity index (χ2v) is 5.55. The van der Waals surface area contributed by atoms with Crippen LogP contribution in [0.5, 0.6) is 0 Å². The fourth-order valence-electron chi connectivity index (χ4n) is 1.69. The van der Waals surface area contributed by atoms with Crippen LogP contribution in [0.25, 0.3) is 0 Å². The van der Waals surface area contributed by atoms with Gasteiger partial charge in [0, 0.05) is 17.6 Å². The molecule has 5 nitrogen and oxygen atoms in total. The van der Waals surface area contributed by atoms with Crippen LogP contribution in [0.2, 0.25) is 0 Å². The Labute approximate surface area is 114 Å². The summed E-state index contributed by atoms with van der Waals surface area (Å²) in [7, 11) is 0. The molecule has 5 heteroatoms. The van der Waals surface area contributed by atoms with Crippen molar-refractivity contribution in [1.29, 1.82) is 0 Å². The molecular formula is C14H22N2O3. The van der Waals surface area contributed by atoms with Gasteiger partial charge in [0.15, 0.2) is 5.76 Å². The molecule has 0 spiro atoms. The number of carbonyl (C=O) groups excluding carboxylic acids is 2. The summed E-state index contributed by atoms with van der Waals surface area (Å²) < 4.78 is 5.17. The van der Waals surface area contributed by atoms with Gasteiger partial charge in [0.05, 0.1) is 12.8 Å². The van der Waals surface area contributed by atoms with E-state index in [4.69, 9.17) is 4.42 Å². The summed E-state index contributed by atoms with van der Waals surface area (Å²) in [4.78, 5) is 25.5. The van der Waals surface area contributed by atoms with Crippen molar-refractivity contribution in [2.75, 3.05) is 13.1 Å². The fourth-order valence-corrected chi connectivity index (χ4v) is 1.69. The average molecular weight is 266 g/mol. The molecule has 0 saturated carbocycles. The van der Waals surface area contributed by atoms with E-state index in [0.717, 1.165) is 5.56 Å². The van der Waals surface area contributed by atoms with Crippen LogP contribution in [-0.4, -0.2) is 35.3 Å². The number of amides is 2. The Bertz CT molecular complexity index is 458. The highest BCUT2D eigenvalue weighted by molar-refractivity contribution is 5.95. The van der Waals surface area contributed by atoms with E-state index in [1.165, 1.54) is 11.2 Å². The van der Waals surface area contributed by atoms with Crippen LogP contribution >= 0.6 is 0 Å². The predicted molar refractivity (Wildman–Crippen MR) is 72.9 cm³/mol. The van der Waals surface area contributed by atoms with Crippen molar-refractivity contribution in [3.05, 3.63) is 23.7 Å². The van der Waals surface area contributed by atoms with Gasteiger partial charge in [0.2, 0.25) is 5.91 Å². The number of carbonyl (C=O) groups is 2. The van der Waals surface area contributed by atoms with E-state index in [2.05, 4.69) is 5.32 Å². The van der Waals surface area contributed by atoms with Crippen LogP contribution in [0, 0.1) is 6.92 Å². The zero-order valence-corrected chi connectivity index (χ0v) is 12.2. The standard InChI is InChI=1S/C14H22N2O3/c1-6-16(9-11(17)15-14(3,4)5)13(18)12-10(2)7-8-19-12/h7-8H,6,9H2,1-5H3,(H,15,17). The van der Waals surface area contributed by atoms with Crippen LogP contribution in [0.1, 0.15) is 43.8 Å². The van der Waals surface area contributed by atoms with Gasteiger partial charge in [-0.05, 0) is 40.7 Å². The SMILES string of the molecule is CCN(CC(=O)NC(C)(C)C)C(=O)c1occc1C. The van der Waals surface area contributed by atoms with Crippen molar-refractivity contribution in [3.63, 3.8) is 0 Å². The molecular weight excluding hydrogens is 244 g/mol. The van der Waals surface area contributed by atoms with E-state index in [-0.39, 0.29) is 23.9 Å². The van der Waals surface area contributed by atoms with Crippen LogP contribution in [-0.2, 0) is 4.79 Å². The second-order valence-electron chi connectivity index (χ2n) is 5.55. The number of rotatable bonds is 4. The third-order valence-electron chi connectivity index (χ3n) is 2.57. The molecule has 0 aromatic carbocycles. The first-order valence-electron chi connectivity index (χ1n) is 6.39. The monoisotopic (exact) mass is 266 g/mol. The lowest BCUT2D eigenvalue weighted by atomic mass is 10.1. The third-order valence-corrected chi connectivity index (χ3v) is 2.57. The molecule has 1 heterocycles. The summed E-state index contributed by atoms with van der Waals surface area (Å²) in [5.74, 6) is -0.133. The minimum atomic E-state index is -0.305. The van der Waals surface area contributed by atoms with Gasteiger partial charge in [-0.15, -0.1) is 0 Å². The highest BCUT2D eigenvalue weighted by atomic mass is 16.3. The minimum Gasteiger partial charge on any atom is -0.459 e. The lowest BCUT2D eigenvalue weighted by Gasteiger charge is -2.24. The van der Waals surface area contributed by atoms with Crippen LogP contribution in [0.15, 0.2) is 16.7 Å². The third kappa shape index (κ3) is 4.43. The normalized spacial score (nSPS) is 11.2. The number of hydrogen-bond acceptors (Lipinski definition) is 3. The number of likely N-dealkylation sites (N-methyl/N-ethyl adjacent to an activating group) is 1. The molecule has 0 radical (unpaired) electrons. The molecule has 1 N–H and O–H groups in total. The van der Waals surface area contributed by atoms with E-state index in [0.29, 0.717) is 12.3 Å². The van der Waals surface area contributed by atoms with Crippen molar-refractivity contribution < 1.29 is 14.0 Å². The molecule has 1 aromatic rings. The van der Waals surface area contributed by atoms with Gasteiger partial charge >= 0.3 is 0 Å². The molecule has 0 unspecified atom stereocenters. The van der Waals surface area contributed by atoms with Crippen molar-refractivity contribution >= 4 is 11.8 Å². The van der Waals surface area contributed by atoms with Gasteiger partial charge < -0.3 is 14.6 Å². The van der Waals surface area contributed by atoms with Gasteiger partial charge in [0.1, 0.15) is 0 Å². The molecule has 0 fully saturated rings. The largest absolute Gasteiger partial charge is 0.459 e. The summed E-state index contributed by atoms with van der Waals surface area (Å²) in [6.45, 7) is 9.84. The highest BCUT2D eigenvalue weighted by Gasteiger charge is 2.23. The molecule has 0 saturated heterocycles. The topological polar surface area (TPSA) is 62.6 Å². The maximum absolute atomic E-state index is 12.2. The Morgan fingerprint density at radius 2 is 2.00 bits per heavy atom. The van der Waals surface area contributed by atoms with Gasteiger partial charge in [0.25, 0.3) is 5.91 Å². The predicted octanol–water partition coefficient (Wildman–Crippen LogP) is 1.96. The summed E-state index contributed by atoms with van der Waals surface area (Å²) >= 11 is 0. The summed E-state index contributed by atoms with van der Waals surface area (Å²) in [6, 6.07) is 1.73. The maximum atomic E-state index is 12.2. The number of nitrogens with zero attached hydrogens (tertiary/aromatic N) is 1. The van der Waals surface area contributed by atoms with Crippen molar-refractivity contribution in [3.8, 4) is 0 Å². The van der Waals surface area contributed by atoms with Crippen LogP contribution in [0.3, 0.4) is 0 Å². The Balaban J connectivity index is 2.72. The molecule has 1 aromatic heterocycles. The van der Waals surface area contributed by atoms with Crippen molar-refractivity contribution in [2.45, 2.75) is 40.2 Å². The van der Waals surface area contributed by atoms with E-state index < -0.39 is 0 Å². The van der Waals surface area contributed by atoms with Gasteiger partial charge in [-0.2, -0.15) is 0 Å². The first kappa shape index (κ1) is 15.3. The Morgan fingerprint density at radius 1 is 1.37 bits per heavy atom. The molecule has 1 rings (SSSR count). The number of hydrogen-bond donors (Lipinski definition) is 1. The van der Waals surface area contributed by atoms with E-state index in [1.807, 2.05) is 27.7 Å². The molecule has 0 aliphatic heterocycles. The molecule has 0 aliphatic rings. The highest BCUT2D eigenvalue weighted by Crippen LogP contribution is 2.12. The van der Waals surface area contributed by atoms with E-state index >= 15 is 0 Å². The molecule has 0 bridgehead atoms. The average Bonchev–Trinajstić information content (AvgIpc) is 2.69. The Morgan fingerprint density at radius 3 is 2.42 bits per heavy atom. The lowest BCUT2D eigenvalue weighted by Crippen LogP contribution is -2.47. The van der Waals surface area contributed by atoms with Gasteiger partial charge in [-0.1, -0.05) is 0 Å². The quantitative estimate of drug-likeness (QED) is 0.906. The summed E-state index contributed by atoms with van der Waals surface area (Å²) in [6.07, 6.45) is 1.48. The first-order chi connectivity index (χ1) is 8.74. The lowest BCUT2D eigenvalue weighted by molar-refractivity contribution is -0.123. The molecule has 2 amide bonds. The summed E-state index contributed by atoms with van der Waals surface area (Å²) in [5, 5.41) is 2.84. The molecule has 106 valence electrons. The van der Waals surface area contributed by atoms with Gasteiger partial charge in [-0.3, -0.25) is 9.59 Å². The maximum Gasteiger partial charge on any atom is 0.290 e. The van der Waals surface area contributed by atoms with Crippen LogP contribution < -0.4 is 5.32 Å². The second kappa shape index (κ2) is 5.91. The molecule has 19 heavy (non-hydrogen) atoms. The minimum absolute atomic E-state index is 0.0345. The zero-order valence-electron chi connectivity index (χ0n) is 12.2. The van der Waals surface area contributed by atoms with E-state index in [1.54, 1.807) is 13.0 Å². The van der Waals surface area contributed by atoms with Crippen molar-refractivity contribution in [1.82, 2.24) is 10.2 Å². The molecule has 0 aliphatic carbocycles. The number of aryl methyl sites for hydroxylation is 1. The molecule has 0 atom stereocenters. The first-order valence-corrected chi connectivity index (χ1v) is 6.39. The van der Waals surface area contributed by atoms with E-state index in [9.17, 15) is 9.59 Å². The fraction of sp³-hybridized carbons (Fsp3) is 0.571.